The Morgan fingerprint density at radius 2 is 0.798 bits per heavy atom. The van der Waals surface area contributed by atoms with E-state index >= 15 is 0 Å². The zero-order valence-corrected chi connectivity index (χ0v) is 59.3. The molecule has 0 unspecified atom stereocenters. The lowest BCUT2D eigenvalue weighted by molar-refractivity contribution is -0.140. The van der Waals surface area contributed by atoms with Gasteiger partial charge >= 0.3 is 36.9 Å². The number of anilines is 1. The zero-order valence-electron chi connectivity index (χ0n) is 58.5. The lowest BCUT2D eigenvalue weighted by atomic mass is 10.1. The minimum absolute atomic E-state index is 0. The second kappa shape index (κ2) is 39.2. The number of para-hydroxylation sites is 4. The molecule has 6 heterocycles. The maximum atomic E-state index is 13.1. The van der Waals surface area contributed by atoms with Gasteiger partial charge in [0.25, 0.3) is 11.1 Å². The summed E-state index contributed by atoms with van der Waals surface area (Å²) in [6.45, 7) is 15.3. The van der Waals surface area contributed by atoms with Gasteiger partial charge in [0.1, 0.15) is 58.3 Å². The second-order valence-electron chi connectivity index (χ2n) is 25.9. The molecule has 4 aromatic carbocycles. The number of likely N-dealkylation sites (tertiary alicyclic amines) is 3. The Morgan fingerprint density at radius 1 is 0.471 bits per heavy atom. The molecule has 0 saturated carbocycles. The van der Waals surface area contributed by atoms with Crippen LogP contribution in [0.3, 0.4) is 0 Å². The fourth-order valence-corrected chi connectivity index (χ4v) is 10.1. The molecule has 4 saturated heterocycles. The number of aromatic hydroxyl groups is 1. The zero-order chi connectivity index (χ0) is 76.7. The van der Waals surface area contributed by atoms with Crippen molar-refractivity contribution in [3.8, 4) is 23.0 Å². The molecule has 0 bridgehead atoms. The van der Waals surface area contributed by atoms with Crippen molar-refractivity contribution < 1.29 is 101 Å². The van der Waals surface area contributed by atoms with E-state index in [1.807, 2.05) is 20.8 Å². The Morgan fingerprint density at radius 3 is 1.13 bits per heavy atom. The number of hydrogen-bond donors (Lipinski definition) is 4. The minimum Gasteiger partial charge on any atom is -0.507 e. The first kappa shape index (κ1) is 87.4. The van der Waals surface area contributed by atoms with Crippen molar-refractivity contribution in [3.05, 3.63) is 170 Å². The summed E-state index contributed by atoms with van der Waals surface area (Å²) in [6, 6.07) is 25.8. The maximum Gasteiger partial charge on any atom is 0.419 e. The summed E-state index contributed by atoms with van der Waals surface area (Å²) in [7, 11) is 3.07. The van der Waals surface area contributed by atoms with Crippen LogP contribution in [0.15, 0.2) is 131 Å². The SMILES string of the molecule is CC(C)(C)OC(=O)N1CCC(O)CC1.CC(C)(C)OC(=O)N1CCC(Oc2ccccc2C(F)(F)F)CC1.Cl.Cn1nc(CC(=O)N2CCC(Oc3ccccc3C(F)(F)F)CC2)ccc1=O.Cn1nc(N)ccc1=O.FC(F)(F)c1ccccc1OC1CCNCC1.Oc1ccccc1C(F)(F)F. The molecule has 2 aromatic heterocycles. The van der Waals surface area contributed by atoms with E-state index in [0.717, 1.165) is 56.3 Å². The number of aliphatic hydroxyl groups excluding tert-OH is 1. The number of phenols is 1. The predicted octanol–water partition coefficient (Wildman–Crippen LogP) is 13.3. The van der Waals surface area contributed by atoms with Crippen LogP contribution in [-0.2, 0) is 59.5 Å². The lowest BCUT2D eigenvalue weighted by Gasteiger charge is -2.33. The lowest BCUT2D eigenvalue weighted by Crippen LogP contribution is -2.44. The van der Waals surface area contributed by atoms with Crippen molar-refractivity contribution in [2.45, 2.75) is 160 Å². The molecule has 104 heavy (non-hydrogen) atoms. The molecular weight excluding hydrogens is 1420 g/mol. The van der Waals surface area contributed by atoms with Crippen LogP contribution in [-0.4, -0.2) is 151 Å². The quantitative estimate of drug-likeness (QED) is 0.103. The van der Waals surface area contributed by atoms with E-state index in [9.17, 15) is 81.8 Å². The summed E-state index contributed by atoms with van der Waals surface area (Å²) in [4.78, 5) is 62.8. The first-order valence-electron chi connectivity index (χ1n) is 32.8. The maximum absolute atomic E-state index is 13.1. The molecule has 0 aliphatic carbocycles. The fourth-order valence-electron chi connectivity index (χ4n) is 10.1. The number of carbonyl (C=O) groups is 3. The van der Waals surface area contributed by atoms with Gasteiger partial charge in [-0.15, -0.1) is 12.4 Å². The number of amides is 3. The van der Waals surface area contributed by atoms with Gasteiger partial charge in [-0.2, -0.15) is 62.9 Å². The Labute approximate surface area is 599 Å². The number of halogens is 13. The molecule has 0 radical (unpaired) electrons. The minimum atomic E-state index is -4.48. The number of ether oxygens (including phenoxy) is 5. The van der Waals surface area contributed by atoms with Crippen LogP contribution in [0.25, 0.3) is 0 Å². The third-order valence-electron chi connectivity index (χ3n) is 15.3. The molecule has 4 fully saturated rings. The molecule has 21 nitrogen and oxygen atoms in total. The largest absolute Gasteiger partial charge is 0.507 e. The van der Waals surface area contributed by atoms with Gasteiger partial charge in [0.15, 0.2) is 0 Å². The average Bonchev–Trinajstić information content (AvgIpc) is 0.831. The van der Waals surface area contributed by atoms with Crippen LogP contribution in [0.5, 0.6) is 23.0 Å². The number of piperidine rings is 4. The number of alkyl halides is 12. The van der Waals surface area contributed by atoms with Crippen molar-refractivity contribution in [1.29, 1.82) is 0 Å². The predicted molar refractivity (Wildman–Crippen MR) is 363 cm³/mol. The van der Waals surface area contributed by atoms with Gasteiger partial charge in [-0.1, -0.05) is 48.5 Å². The van der Waals surface area contributed by atoms with E-state index in [2.05, 4.69) is 15.5 Å². The van der Waals surface area contributed by atoms with E-state index in [-0.39, 0.29) is 83.6 Å². The molecule has 4 aliphatic heterocycles. The van der Waals surface area contributed by atoms with Gasteiger partial charge in [0, 0.05) is 91.2 Å². The Kier molecular flexibility index (Phi) is 33.0. The molecule has 10 rings (SSSR count). The monoisotopic (exact) mass is 1510 g/mol. The number of rotatable bonds is 8. The van der Waals surface area contributed by atoms with Crippen LogP contribution >= 0.6 is 12.4 Å². The summed E-state index contributed by atoms with van der Waals surface area (Å²) in [5, 5.41) is 28.8. The van der Waals surface area contributed by atoms with Gasteiger partial charge in [-0.05, 0) is 141 Å². The van der Waals surface area contributed by atoms with E-state index in [1.54, 1.807) is 48.6 Å². The van der Waals surface area contributed by atoms with Crippen LogP contribution < -0.4 is 36.4 Å². The number of carbonyl (C=O) groups excluding carboxylic acids is 3. The van der Waals surface area contributed by atoms with Gasteiger partial charge < -0.3 is 59.6 Å². The summed E-state index contributed by atoms with van der Waals surface area (Å²) in [5.41, 5.74) is 1.06. The number of hydrogen-bond acceptors (Lipinski definition) is 16. The molecule has 576 valence electrons. The molecule has 6 aromatic rings. The summed E-state index contributed by atoms with van der Waals surface area (Å²) in [6.07, 6.45) is -14.9. The summed E-state index contributed by atoms with van der Waals surface area (Å²) in [5.74, 6) is -0.931. The number of nitrogens with one attached hydrogen (secondary N) is 1. The molecule has 3 amide bonds. The highest BCUT2D eigenvalue weighted by Crippen LogP contribution is 2.40. The highest BCUT2D eigenvalue weighted by molar-refractivity contribution is 5.85. The molecule has 5 N–H and O–H groups in total. The molecule has 4 aliphatic rings. The number of aryl methyl sites for hydroxylation is 2. The number of nitrogens with zero attached hydrogens (tertiary/aromatic N) is 7. The first-order valence-corrected chi connectivity index (χ1v) is 32.8. The third kappa shape index (κ3) is 30.4. The number of nitrogens with two attached hydrogens (primary N) is 1. The van der Waals surface area contributed by atoms with E-state index in [0.29, 0.717) is 89.3 Å². The average molecular weight is 1510 g/mol. The van der Waals surface area contributed by atoms with Gasteiger partial charge in [0.2, 0.25) is 5.91 Å². The van der Waals surface area contributed by atoms with E-state index in [1.165, 1.54) is 101 Å². The van der Waals surface area contributed by atoms with E-state index < -0.39 is 70.0 Å². The third-order valence-corrected chi connectivity index (χ3v) is 15.3. The number of benzene rings is 4. The molecule has 0 atom stereocenters. The molecule has 0 spiro atoms. The summed E-state index contributed by atoms with van der Waals surface area (Å²) < 4.78 is 181. The van der Waals surface area contributed by atoms with Crippen molar-refractivity contribution in [2.75, 3.05) is 58.1 Å². The summed E-state index contributed by atoms with van der Waals surface area (Å²) >= 11 is 0. The molecule has 34 heteroatoms. The first-order chi connectivity index (χ1) is 48.0. The van der Waals surface area contributed by atoms with Crippen LogP contribution in [0.1, 0.15) is 121 Å². The van der Waals surface area contributed by atoms with E-state index in [4.69, 9.17) is 34.5 Å². The van der Waals surface area contributed by atoms with Gasteiger partial charge in [-0.25, -0.2) is 19.0 Å². The number of aliphatic hydroxyl groups is 1. The van der Waals surface area contributed by atoms with Gasteiger partial charge in [0.05, 0.1) is 40.5 Å². The Bertz CT molecular complexity index is 3780. The van der Waals surface area contributed by atoms with Crippen molar-refractivity contribution in [2.24, 2.45) is 14.1 Å². The van der Waals surface area contributed by atoms with Crippen LogP contribution in [0.4, 0.5) is 68.1 Å². The Hall–Kier alpha value is -8.98. The highest BCUT2D eigenvalue weighted by atomic mass is 35.5. The number of nitrogen functional groups attached to an aromatic ring is 1. The topological polar surface area (TPSA) is 255 Å². The van der Waals surface area contributed by atoms with Gasteiger partial charge in [-0.3, -0.25) is 14.4 Å². The van der Waals surface area contributed by atoms with Crippen LogP contribution in [0, 0.1) is 0 Å². The molecular formula is C70H88ClF12N9O12. The second-order valence-corrected chi connectivity index (χ2v) is 25.9. The number of phenolic OH excluding ortho intramolecular Hbond substituents is 1. The fraction of sp³-hybridized carbons (Fsp3) is 0.500. The highest BCUT2D eigenvalue weighted by Gasteiger charge is 2.39. The standard InChI is InChI=1S/C19H20F3N3O3.C17H22F3NO3.C12H14F3NO.C10H19NO3.C7H5F3O.C5H7N3O.ClH/c1-24-17(26)7-6-13(23-24)12-18(27)25-10-8-14(9-11-25)28-16-5-3-2-4-15(16)19(20,21)22;1-16(2,3)24-15(22)21-10-8-12(9-11-21)23-14-7-5-4-6-13(14)17(18,19)20;13-12(14,15)10-3-1-2-4-11(10)17-9-5-7-16-8-6-9;1-10(2,3)14-9(13)11-6-4-8(12)5-7-11;8-7(9,10)5-3-1-2-4-6(5)11;1-8-5(9)3-2-4(6)7-8;/h2-7,14H,8-12H2,1H3;4-7,12H,8-11H2,1-3H3;1-4,9,16H,5-8H2;8,12H,4-7H2,1-3H3;1-4,11H;2-3H,1H3,(H2,6,7);1H. The normalized spacial score (nSPS) is 15.7. The van der Waals surface area contributed by atoms with Crippen LogP contribution in [0.2, 0.25) is 0 Å². The van der Waals surface area contributed by atoms with Crippen molar-refractivity contribution in [3.63, 3.8) is 0 Å². The van der Waals surface area contributed by atoms with Crippen molar-refractivity contribution >= 4 is 36.3 Å². The smallest absolute Gasteiger partial charge is 0.419 e. The number of aromatic nitrogens is 4. The Balaban J connectivity index is 0.000000274. The van der Waals surface area contributed by atoms with Crippen molar-refractivity contribution in [1.82, 2.24) is 39.6 Å².